The lowest BCUT2D eigenvalue weighted by molar-refractivity contribution is -0.129. The number of carbonyl (C=O) groups excluding carboxylic acids is 1. The van der Waals surface area contributed by atoms with Gasteiger partial charge >= 0.3 is 0 Å². The number of nitrogens with zero attached hydrogens (tertiary/aromatic N) is 2. The van der Waals surface area contributed by atoms with Crippen LogP contribution < -0.4 is 4.90 Å². The Bertz CT molecular complexity index is 778. The van der Waals surface area contributed by atoms with Crippen LogP contribution in [0.1, 0.15) is 43.4 Å². The Morgan fingerprint density at radius 3 is 2.50 bits per heavy atom. The van der Waals surface area contributed by atoms with Gasteiger partial charge in [-0.25, -0.2) is 0 Å². The number of benzene rings is 2. The minimum Gasteiger partial charge on any atom is -0.356 e. The van der Waals surface area contributed by atoms with Crippen LogP contribution in [0, 0.1) is 6.08 Å². The zero-order chi connectivity index (χ0) is 18.5. The molecule has 0 heterocycles. The zero-order valence-corrected chi connectivity index (χ0v) is 15.9. The average Bonchev–Trinajstić information content (AvgIpc) is 3.03. The van der Waals surface area contributed by atoms with Gasteiger partial charge in [-0.05, 0) is 38.5 Å². The van der Waals surface area contributed by atoms with E-state index in [2.05, 4.69) is 54.3 Å². The molecule has 0 aliphatic heterocycles. The predicted molar refractivity (Wildman–Crippen MR) is 108 cm³/mol. The maximum absolute atomic E-state index is 12.7. The third-order valence-electron chi connectivity index (χ3n) is 5.05. The van der Waals surface area contributed by atoms with Crippen LogP contribution in [0.3, 0.4) is 0 Å². The Morgan fingerprint density at radius 1 is 1.08 bits per heavy atom. The second kappa shape index (κ2) is 8.16. The predicted octanol–water partition coefficient (Wildman–Crippen LogP) is 4.50. The summed E-state index contributed by atoms with van der Waals surface area (Å²) in [4.78, 5) is 16.8. The summed E-state index contributed by atoms with van der Waals surface area (Å²) in [5.74, 6) is 0.515. The summed E-state index contributed by atoms with van der Waals surface area (Å²) in [6, 6.07) is 16.8. The van der Waals surface area contributed by atoms with Crippen LogP contribution in [-0.4, -0.2) is 30.4 Å². The minimum atomic E-state index is 0.168. The average molecular weight is 347 g/mol. The number of hydrogen-bond acceptors (Lipinski definition) is 2. The summed E-state index contributed by atoms with van der Waals surface area (Å²) in [6.07, 6.45) is 5.43. The molecule has 1 unspecified atom stereocenters. The fourth-order valence-corrected chi connectivity index (χ4v) is 3.46. The lowest BCUT2D eigenvalue weighted by Crippen LogP contribution is -2.40. The third kappa shape index (κ3) is 3.95. The lowest BCUT2D eigenvalue weighted by Gasteiger charge is -2.27. The highest BCUT2D eigenvalue weighted by atomic mass is 16.2. The van der Waals surface area contributed by atoms with E-state index in [1.807, 2.05) is 36.9 Å². The first-order valence-electron chi connectivity index (χ1n) is 9.42. The number of rotatable bonds is 7. The van der Waals surface area contributed by atoms with Crippen molar-refractivity contribution in [2.45, 2.75) is 33.2 Å². The second-order valence-corrected chi connectivity index (χ2v) is 6.75. The number of hydrogen-bond donors (Lipinski definition) is 0. The monoisotopic (exact) mass is 347 g/mol. The normalized spacial score (nSPS) is 14.7. The van der Waals surface area contributed by atoms with Crippen LogP contribution in [0.25, 0.3) is 6.08 Å². The van der Waals surface area contributed by atoms with Gasteiger partial charge in [-0.3, -0.25) is 4.79 Å². The van der Waals surface area contributed by atoms with E-state index >= 15 is 0 Å². The maximum atomic E-state index is 12.7. The first kappa shape index (κ1) is 18.2. The Labute approximate surface area is 156 Å². The molecule has 0 fully saturated rings. The molecular weight excluding hydrogens is 320 g/mol. The van der Waals surface area contributed by atoms with Crippen molar-refractivity contribution >= 4 is 17.7 Å². The minimum absolute atomic E-state index is 0.168. The quantitative estimate of drug-likeness (QED) is 0.689. The summed E-state index contributed by atoms with van der Waals surface area (Å²) >= 11 is 0. The highest BCUT2D eigenvalue weighted by Gasteiger charge is 2.26. The van der Waals surface area contributed by atoms with Crippen molar-refractivity contribution in [1.29, 1.82) is 0 Å². The molecule has 1 aliphatic rings. The molecule has 1 atom stereocenters. The standard InChI is InChI=1S/C23H27N2O/c1-4-24(5-2)23(26)17-25(16-19-9-7-6-8-10-19)21-13-14-22-18(3)11-12-20(22)15-21/h6-10,12-15,18H,4-5,16-17H2,1-3H3/q+1. The van der Waals surface area contributed by atoms with Crippen LogP contribution in [0.15, 0.2) is 48.5 Å². The Morgan fingerprint density at radius 2 is 1.81 bits per heavy atom. The van der Waals surface area contributed by atoms with Crippen LogP contribution in [0.4, 0.5) is 5.69 Å². The summed E-state index contributed by atoms with van der Waals surface area (Å²) in [6.45, 7) is 8.81. The Balaban J connectivity index is 1.87. The molecule has 2 aromatic rings. The molecule has 3 rings (SSSR count). The van der Waals surface area contributed by atoms with Gasteiger partial charge in [-0.2, -0.15) is 0 Å². The van der Waals surface area contributed by atoms with Crippen molar-refractivity contribution in [1.82, 2.24) is 4.90 Å². The van der Waals surface area contributed by atoms with Gasteiger partial charge in [-0.15, -0.1) is 0 Å². The molecule has 0 saturated carbocycles. The Kier molecular flexibility index (Phi) is 5.70. The van der Waals surface area contributed by atoms with Gasteiger partial charge in [0.1, 0.15) is 11.5 Å². The van der Waals surface area contributed by atoms with Crippen LogP contribution in [-0.2, 0) is 11.3 Å². The summed E-state index contributed by atoms with van der Waals surface area (Å²) in [5, 5.41) is 0. The summed E-state index contributed by atoms with van der Waals surface area (Å²) < 4.78 is 0. The molecule has 1 amide bonds. The first-order chi connectivity index (χ1) is 12.6. The topological polar surface area (TPSA) is 23.6 Å². The largest absolute Gasteiger partial charge is 0.356 e. The highest BCUT2D eigenvalue weighted by Crippen LogP contribution is 2.32. The number of anilines is 1. The molecule has 2 aromatic carbocycles. The van der Waals surface area contributed by atoms with E-state index in [4.69, 9.17) is 0 Å². The van der Waals surface area contributed by atoms with Crippen molar-refractivity contribution < 1.29 is 4.79 Å². The molecule has 1 aliphatic carbocycles. The van der Waals surface area contributed by atoms with Gasteiger partial charge in [0.15, 0.2) is 6.08 Å². The van der Waals surface area contributed by atoms with Gasteiger partial charge in [0.2, 0.25) is 5.91 Å². The number of carbonyl (C=O) groups is 1. The van der Waals surface area contributed by atoms with E-state index in [9.17, 15) is 4.79 Å². The number of amides is 1. The first-order valence-corrected chi connectivity index (χ1v) is 9.42. The van der Waals surface area contributed by atoms with Crippen molar-refractivity contribution in [3.05, 3.63) is 71.3 Å². The van der Waals surface area contributed by atoms with Crippen LogP contribution >= 0.6 is 0 Å². The molecule has 0 bridgehead atoms. The molecule has 0 radical (unpaired) electrons. The van der Waals surface area contributed by atoms with E-state index in [0.717, 1.165) is 25.3 Å². The Hall–Kier alpha value is -2.64. The van der Waals surface area contributed by atoms with Gasteiger partial charge in [0.05, 0.1) is 29.9 Å². The van der Waals surface area contributed by atoms with Gasteiger partial charge in [-0.1, -0.05) is 30.3 Å². The molecule has 3 nitrogen and oxygen atoms in total. The van der Waals surface area contributed by atoms with E-state index in [-0.39, 0.29) is 5.91 Å². The van der Waals surface area contributed by atoms with E-state index in [0.29, 0.717) is 12.5 Å². The SMILES string of the molecule is CCN(CC)C(=O)CN(Cc1ccccc1)c1ccc2c(c1)C=[C+]C2C. The summed E-state index contributed by atoms with van der Waals surface area (Å²) in [5.41, 5.74) is 4.81. The molecule has 0 aromatic heterocycles. The maximum Gasteiger partial charge on any atom is 0.242 e. The second-order valence-electron chi connectivity index (χ2n) is 6.75. The molecule has 26 heavy (non-hydrogen) atoms. The lowest BCUT2D eigenvalue weighted by atomic mass is 10.0. The fourth-order valence-electron chi connectivity index (χ4n) is 3.46. The van der Waals surface area contributed by atoms with Crippen LogP contribution in [0.5, 0.6) is 0 Å². The molecule has 0 saturated heterocycles. The van der Waals surface area contributed by atoms with Gasteiger partial charge in [0, 0.05) is 19.6 Å². The third-order valence-corrected chi connectivity index (χ3v) is 5.05. The number of likely N-dealkylation sites (N-methyl/N-ethyl adjacent to an activating group) is 1. The molecule has 0 N–H and O–H groups in total. The zero-order valence-electron chi connectivity index (χ0n) is 15.9. The molecule has 134 valence electrons. The molecular formula is C23H27N2O+. The highest BCUT2D eigenvalue weighted by molar-refractivity contribution is 5.82. The number of allylic oxidation sites excluding steroid dienone is 1. The van der Waals surface area contributed by atoms with Crippen LogP contribution in [0.2, 0.25) is 0 Å². The van der Waals surface area contributed by atoms with Gasteiger partial charge < -0.3 is 9.80 Å². The van der Waals surface area contributed by atoms with E-state index in [1.165, 1.54) is 16.7 Å². The van der Waals surface area contributed by atoms with Crippen molar-refractivity contribution in [3.63, 3.8) is 0 Å². The van der Waals surface area contributed by atoms with Crippen molar-refractivity contribution in [2.24, 2.45) is 0 Å². The van der Waals surface area contributed by atoms with Crippen molar-refractivity contribution in [2.75, 3.05) is 24.5 Å². The van der Waals surface area contributed by atoms with Crippen molar-refractivity contribution in [3.8, 4) is 0 Å². The number of fused-ring (bicyclic) bond motifs is 1. The fraction of sp³-hybridized carbons (Fsp3) is 0.348. The molecule has 0 spiro atoms. The van der Waals surface area contributed by atoms with Gasteiger partial charge in [0.25, 0.3) is 0 Å². The molecule has 3 heteroatoms. The summed E-state index contributed by atoms with van der Waals surface area (Å²) in [7, 11) is 0. The smallest absolute Gasteiger partial charge is 0.242 e. The van der Waals surface area contributed by atoms with E-state index in [1.54, 1.807) is 0 Å². The van der Waals surface area contributed by atoms with E-state index < -0.39 is 0 Å².